The van der Waals surface area contributed by atoms with Crippen LogP contribution in [0.1, 0.15) is 26.9 Å². The van der Waals surface area contributed by atoms with Gasteiger partial charge in [-0.2, -0.15) is 0 Å². The van der Waals surface area contributed by atoms with Crippen LogP contribution in [0.3, 0.4) is 0 Å². The van der Waals surface area contributed by atoms with Crippen molar-refractivity contribution in [3.8, 4) is 0 Å². The quantitative estimate of drug-likeness (QED) is 0.835. The van der Waals surface area contributed by atoms with Crippen LogP contribution in [-0.4, -0.2) is 23.1 Å². The van der Waals surface area contributed by atoms with Crippen LogP contribution in [0.15, 0.2) is 48.5 Å². The number of carbonyl (C=O) groups is 1. The minimum absolute atomic E-state index is 0.00858. The summed E-state index contributed by atoms with van der Waals surface area (Å²) in [7, 11) is 0. The van der Waals surface area contributed by atoms with Gasteiger partial charge in [-0.25, -0.2) is 4.39 Å². The fraction of sp³-hybridized carbons (Fsp3) is 0.235. The van der Waals surface area contributed by atoms with Gasteiger partial charge >= 0.3 is 0 Å². The molecule has 1 aliphatic heterocycles. The normalized spacial score (nSPS) is 18.0. The fourth-order valence-corrected chi connectivity index (χ4v) is 3.72. The Bertz CT molecular complexity index is 656. The first-order chi connectivity index (χ1) is 10.1. The molecular weight excluding hydrogens is 285 g/mol. The molecule has 3 rings (SSSR count). The SMILES string of the molecule is Cc1ccc(C(=O)N2CCS[C@H]2c2cccc(F)c2)cc1. The van der Waals surface area contributed by atoms with Crippen LogP contribution in [0.5, 0.6) is 0 Å². The first kappa shape index (κ1) is 14.1. The first-order valence-electron chi connectivity index (χ1n) is 6.90. The summed E-state index contributed by atoms with van der Waals surface area (Å²) >= 11 is 1.68. The minimum atomic E-state index is -0.261. The zero-order valence-corrected chi connectivity index (χ0v) is 12.6. The van der Waals surface area contributed by atoms with Crippen molar-refractivity contribution >= 4 is 17.7 Å². The molecule has 2 aromatic rings. The van der Waals surface area contributed by atoms with Crippen LogP contribution in [0.4, 0.5) is 4.39 Å². The lowest BCUT2D eigenvalue weighted by molar-refractivity contribution is 0.0760. The summed E-state index contributed by atoms with van der Waals surface area (Å²) < 4.78 is 13.4. The molecule has 1 atom stereocenters. The second-order valence-corrected chi connectivity index (χ2v) is 6.33. The molecule has 2 aromatic carbocycles. The molecule has 0 spiro atoms. The predicted octanol–water partition coefficient (Wildman–Crippen LogP) is 4.02. The highest BCUT2D eigenvalue weighted by Gasteiger charge is 2.31. The Morgan fingerprint density at radius 1 is 1.24 bits per heavy atom. The van der Waals surface area contributed by atoms with Gasteiger partial charge in [-0.1, -0.05) is 29.8 Å². The van der Waals surface area contributed by atoms with E-state index < -0.39 is 0 Å². The molecule has 108 valence electrons. The molecular formula is C17H16FNOS. The monoisotopic (exact) mass is 301 g/mol. The Labute approximate surface area is 128 Å². The van der Waals surface area contributed by atoms with E-state index in [1.165, 1.54) is 12.1 Å². The summed E-state index contributed by atoms with van der Waals surface area (Å²) in [6.45, 7) is 2.69. The van der Waals surface area contributed by atoms with Crippen molar-refractivity contribution in [1.29, 1.82) is 0 Å². The molecule has 2 nitrogen and oxygen atoms in total. The number of carbonyl (C=O) groups excluding carboxylic acids is 1. The molecule has 0 unspecified atom stereocenters. The van der Waals surface area contributed by atoms with Gasteiger partial charge in [0.15, 0.2) is 0 Å². The lowest BCUT2D eigenvalue weighted by atomic mass is 10.1. The molecule has 0 N–H and O–H groups in total. The molecule has 1 amide bonds. The Hall–Kier alpha value is -1.81. The third kappa shape index (κ3) is 2.95. The van der Waals surface area contributed by atoms with Gasteiger partial charge < -0.3 is 4.90 Å². The second-order valence-electron chi connectivity index (χ2n) is 5.14. The van der Waals surface area contributed by atoms with E-state index in [0.29, 0.717) is 12.1 Å². The molecule has 4 heteroatoms. The van der Waals surface area contributed by atoms with Gasteiger partial charge in [-0.15, -0.1) is 11.8 Å². The average Bonchev–Trinajstić information content (AvgIpc) is 2.97. The van der Waals surface area contributed by atoms with E-state index in [1.807, 2.05) is 42.2 Å². The Kier molecular flexibility index (Phi) is 3.97. The van der Waals surface area contributed by atoms with Crippen molar-refractivity contribution < 1.29 is 9.18 Å². The molecule has 0 aromatic heterocycles. The zero-order valence-electron chi connectivity index (χ0n) is 11.8. The van der Waals surface area contributed by atoms with Gasteiger partial charge in [0.2, 0.25) is 0 Å². The number of aryl methyl sites for hydroxylation is 1. The number of benzene rings is 2. The van der Waals surface area contributed by atoms with Crippen LogP contribution >= 0.6 is 11.8 Å². The van der Waals surface area contributed by atoms with Crippen LogP contribution < -0.4 is 0 Å². The minimum Gasteiger partial charge on any atom is -0.322 e. The summed E-state index contributed by atoms with van der Waals surface area (Å²) in [6.07, 6.45) is 0. The summed E-state index contributed by atoms with van der Waals surface area (Å²) in [4.78, 5) is 14.5. The predicted molar refractivity (Wildman–Crippen MR) is 83.8 cm³/mol. The molecule has 0 saturated carbocycles. The van der Waals surface area contributed by atoms with Crippen molar-refractivity contribution in [2.45, 2.75) is 12.3 Å². The average molecular weight is 301 g/mol. The highest BCUT2D eigenvalue weighted by Crippen LogP contribution is 2.38. The van der Waals surface area contributed by atoms with Gasteiger partial charge in [0.05, 0.1) is 0 Å². The summed E-state index contributed by atoms with van der Waals surface area (Å²) in [5.41, 5.74) is 2.66. The zero-order chi connectivity index (χ0) is 14.8. The first-order valence-corrected chi connectivity index (χ1v) is 7.95. The topological polar surface area (TPSA) is 20.3 Å². The van der Waals surface area contributed by atoms with Gasteiger partial charge in [0, 0.05) is 17.9 Å². The Balaban J connectivity index is 1.87. The van der Waals surface area contributed by atoms with Crippen LogP contribution in [0, 0.1) is 12.7 Å². The maximum Gasteiger partial charge on any atom is 0.255 e. The van der Waals surface area contributed by atoms with Crippen molar-refractivity contribution in [1.82, 2.24) is 4.90 Å². The number of nitrogens with zero attached hydrogens (tertiary/aromatic N) is 1. The number of thioether (sulfide) groups is 1. The molecule has 1 fully saturated rings. The molecule has 0 bridgehead atoms. The van der Waals surface area contributed by atoms with Gasteiger partial charge in [-0.3, -0.25) is 4.79 Å². The van der Waals surface area contributed by atoms with Gasteiger partial charge in [0.25, 0.3) is 5.91 Å². The smallest absolute Gasteiger partial charge is 0.255 e. The molecule has 1 saturated heterocycles. The largest absolute Gasteiger partial charge is 0.322 e. The van der Waals surface area contributed by atoms with Crippen molar-refractivity contribution in [3.63, 3.8) is 0 Å². The highest BCUT2D eigenvalue weighted by atomic mass is 32.2. The summed E-state index contributed by atoms with van der Waals surface area (Å²) in [5, 5.41) is -0.102. The van der Waals surface area contributed by atoms with E-state index in [2.05, 4.69) is 0 Å². The maximum absolute atomic E-state index is 13.4. The lowest BCUT2D eigenvalue weighted by Crippen LogP contribution is -2.30. The number of halogens is 1. The van der Waals surface area contributed by atoms with E-state index in [4.69, 9.17) is 0 Å². The summed E-state index contributed by atoms with van der Waals surface area (Å²) in [5.74, 6) is 0.621. The summed E-state index contributed by atoms with van der Waals surface area (Å²) in [6, 6.07) is 14.1. The standard InChI is InChI=1S/C17H16FNOS/c1-12-5-7-13(8-6-12)16(20)19-9-10-21-17(19)14-3-2-4-15(18)11-14/h2-8,11,17H,9-10H2,1H3/t17-/m0/s1. The van der Waals surface area contributed by atoms with E-state index in [1.54, 1.807) is 17.8 Å². The van der Waals surface area contributed by atoms with Crippen LogP contribution in [0.2, 0.25) is 0 Å². The Morgan fingerprint density at radius 3 is 2.71 bits per heavy atom. The fourth-order valence-electron chi connectivity index (χ4n) is 2.48. The van der Waals surface area contributed by atoms with Gasteiger partial charge in [-0.05, 0) is 36.8 Å². The number of hydrogen-bond donors (Lipinski definition) is 0. The Morgan fingerprint density at radius 2 is 2.00 bits per heavy atom. The molecule has 1 aliphatic rings. The van der Waals surface area contributed by atoms with Crippen LogP contribution in [0.25, 0.3) is 0 Å². The number of rotatable bonds is 2. The highest BCUT2D eigenvalue weighted by molar-refractivity contribution is 7.99. The van der Waals surface area contributed by atoms with Gasteiger partial charge in [0.1, 0.15) is 11.2 Å². The molecule has 1 heterocycles. The number of hydrogen-bond acceptors (Lipinski definition) is 2. The molecule has 0 aliphatic carbocycles. The maximum atomic E-state index is 13.4. The second kappa shape index (κ2) is 5.90. The van der Waals surface area contributed by atoms with E-state index in [0.717, 1.165) is 16.9 Å². The molecule has 0 radical (unpaired) electrons. The molecule has 21 heavy (non-hydrogen) atoms. The van der Waals surface area contributed by atoms with Crippen LogP contribution in [-0.2, 0) is 0 Å². The van der Waals surface area contributed by atoms with Crippen molar-refractivity contribution in [2.75, 3.05) is 12.3 Å². The third-order valence-electron chi connectivity index (χ3n) is 3.58. The third-order valence-corrected chi connectivity index (χ3v) is 4.84. The van der Waals surface area contributed by atoms with E-state index in [-0.39, 0.29) is 17.1 Å². The number of amides is 1. The van der Waals surface area contributed by atoms with E-state index in [9.17, 15) is 9.18 Å². The van der Waals surface area contributed by atoms with E-state index >= 15 is 0 Å². The van der Waals surface area contributed by atoms with Crippen molar-refractivity contribution in [3.05, 3.63) is 71.0 Å². The lowest BCUT2D eigenvalue weighted by Gasteiger charge is -2.24. The van der Waals surface area contributed by atoms with Crippen molar-refractivity contribution in [2.24, 2.45) is 0 Å².